The van der Waals surface area contributed by atoms with Crippen LogP contribution < -0.4 is 10.6 Å². The normalized spacial score (nSPS) is 16.3. The number of nitrogens with one attached hydrogen (secondary N) is 2. The summed E-state index contributed by atoms with van der Waals surface area (Å²) >= 11 is 6.85. The van der Waals surface area contributed by atoms with E-state index >= 15 is 0 Å². The van der Waals surface area contributed by atoms with Crippen molar-refractivity contribution in [3.8, 4) is 0 Å². The van der Waals surface area contributed by atoms with Crippen LogP contribution in [0.2, 0.25) is 0 Å². The van der Waals surface area contributed by atoms with Gasteiger partial charge in [0.2, 0.25) is 5.91 Å². The fraction of sp³-hybridized carbons (Fsp3) is 0.500. The molecular weight excluding hydrogens is 372 g/mol. The van der Waals surface area contributed by atoms with Gasteiger partial charge in [-0.05, 0) is 72.4 Å². The van der Waals surface area contributed by atoms with E-state index in [4.69, 9.17) is 0 Å². The van der Waals surface area contributed by atoms with Crippen molar-refractivity contribution in [2.45, 2.75) is 25.7 Å². The minimum absolute atomic E-state index is 0.0987. The lowest BCUT2D eigenvalue weighted by Crippen LogP contribution is -2.28. The molecule has 1 heterocycles. The molecule has 1 aromatic carbocycles. The summed E-state index contributed by atoms with van der Waals surface area (Å²) in [6.45, 7) is 2.18. The van der Waals surface area contributed by atoms with Crippen LogP contribution in [0.4, 0.5) is 5.69 Å². The van der Waals surface area contributed by atoms with Gasteiger partial charge in [0.05, 0.1) is 5.69 Å². The van der Waals surface area contributed by atoms with Gasteiger partial charge in [-0.3, -0.25) is 4.79 Å². The number of carbonyl (C=O) groups excluding carboxylic acids is 1. The van der Waals surface area contributed by atoms with Gasteiger partial charge >= 0.3 is 0 Å². The molecule has 3 nitrogen and oxygen atoms in total. The second kappa shape index (κ2) is 7.41. The molecule has 0 spiro atoms. The van der Waals surface area contributed by atoms with Crippen molar-refractivity contribution >= 4 is 43.5 Å². The summed E-state index contributed by atoms with van der Waals surface area (Å²) in [7, 11) is 0. The van der Waals surface area contributed by atoms with Gasteiger partial charge in [-0.15, -0.1) is 0 Å². The van der Waals surface area contributed by atoms with E-state index in [0.29, 0.717) is 12.3 Å². The smallest absolute Gasteiger partial charge is 0.224 e. The Bertz CT molecular complexity index is 445. The molecule has 19 heavy (non-hydrogen) atoms. The summed E-state index contributed by atoms with van der Waals surface area (Å²) in [6.07, 6.45) is 3.97. The van der Waals surface area contributed by atoms with E-state index in [1.807, 2.05) is 18.2 Å². The van der Waals surface area contributed by atoms with Crippen molar-refractivity contribution in [3.63, 3.8) is 0 Å². The average molecular weight is 390 g/mol. The van der Waals surface area contributed by atoms with E-state index in [-0.39, 0.29) is 5.91 Å². The summed E-state index contributed by atoms with van der Waals surface area (Å²) in [5, 5.41) is 6.30. The van der Waals surface area contributed by atoms with Crippen LogP contribution in [0.25, 0.3) is 0 Å². The summed E-state index contributed by atoms with van der Waals surface area (Å²) < 4.78 is 1.89. The maximum Gasteiger partial charge on any atom is 0.224 e. The number of carbonyl (C=O) groups is 1. The molecule has 1 aliphatic heterocycles. The number of amides is 1. The van der Waals surface area contributed by atoms with Gasteiger partial charge in [-0.2, -0.15) is 0 Å². The van der Waals surface area contributed by atoms with Gasteiger partial charge in [0, 0.05) is 15.4 Å². The average Bonchev–Trinajstić information content (AvgIpc) is 2.41. The molecule has 0 bridgehead atoms. The standard InChI is InChI=1S/C14H18Br2N2O/c15-11-2-3-13(12(16)9-11)18-14(19)4-1-10-5-7-17-8-6-10/h2-3,9-10,17H,1,4-8H2,(H,18,19). The molecule has 0 aromatic heterocycles. The molecule has 0 aliphatic carbocycles. The van der Waals surface area contributed by atoms with E-state index < -0.39 is 0 Å². The van der Waals surface area contributed by atoms with Crippen LogP contribution in [0.15, 0.2) is 27.1 Å². The van der Waals surface area contributed by atoms with E-state index in [1.54, 1.807) is 0 Å². The Labute approximate surface area is 130 Å². The molecule has 2 rings (SSSR count). The zero-order valence-corrected chi connectivity index (χ0v) is 13.9. The highest BCUT2D eigenvalue weighted by molar-refractivity contribution is 9.11. The van der Waals surface area contributed by atoms with E-state index in [9.17, 15) is 4.79 Å². The van der Waals surface area contributed by atoms with Crippen molar-refractivity contribution in [1.82, 2.24) is 5.32 Å². The van der Waals surface area contributed by atoms with Crippen molar-refractivity contribution in [1.29, 1.82) is 0 Å². The minimum Gasteiger partial charge on any atom is -0.325 e. The molecule has 1 amide bonds. The van der Waals surface area contributed by atoms with Crippen LogP contribution in [-0.2, 0) is 4.79 Å². The van der Waals surface area contributed by atoms with Gasteiger partial charge in [0.1, 0.15) is 0 Å². The lowest BCUT2D eigenvalue weighted by atomic mass is 9.93. The van der Waals surface area contributed by atoms with Gasteiger partial charge in [-0.1, -0.05) is 15.9 Å². The van der Waals surface area contributed by atoms with Crippen LogP contribution in [0.3, 0.4) is 0 Å². The SMILES string of the molecule is O=C(CCC1CCNCC1)Nc1ccc(Br)cc1Br. The second-order valence-corrected chi connectivity index (χ2v) is 6.67. The van der Waals surface area contributed by atoms with Crippen LogP contribution >= 0.6 is 31.9 Å². The highest BCUT2D eigenvalue weighted by Crippen LogP contribution is 2.26. The molecule has 5 heteroatoms. The third-order valence-electron chi connectivity index (χ3n) is 3.44. The molecule has 104 valence electrons. The van der Waals surface area contributed by atoms with Gasteiger partial charge in [0.15, 0.2) is 0 Å². The molecule has 1 fully saturated rings. The highest BCUT2D eigenvalue weighted by Gasteiger charge is 2.14. The predicted molar refractivity (Wildman–Crippen MR) is 85.3 cm³/mol. The Morgan fingerprint density at radius 3 is 2.74 bits per heavy atom. The minimum atomic E-state index is 0.0987. The molecular formula is C14H18Br2N2O. The third-order valence-corrected chi connectivity index (χ3v) is 4.59. The van der Waals surface area contributed by atoms with E-state index in [1.165, 1.54) is 12.8 Å². The summed E-state index contributed by atoms with van der Waals surface area (Å²) in [5.41, 5.74) is 0.832. The molecule has 1 saturated heterocycles. The molecule has 2 N–H and O–H groups in total. The van der Waals surface area contributed by atoms with Gasteiger partial charge < -0.3 is 10.6 Å². The largest absolute Gasteiger partial charge is 0.325 e. The van der Waals surface area contributed by atoms with Crippen molar-refractivity contribution in [2.75, 3.05) is 18.4 Å². The number of hydrogen-bond acceptors (Lipinski definition) is 2. The third kappa shape index (κ3) is 4.89. The topological polar surface area (TPSA) is 41.1 Å². The number of halogens is 2. The first kappa shape index (κ1) is 15.0. The molecule has 0 saturated carbocycles. The monoisotopic (exact) mass is 388 g/mol. The Morgan fingerprint density at radius 2 is 2.05 bits per heavy atom. The Morgan fingerprint density at radius 1 is 1.32 bits per heavy atom. The van der Waals surface area contributed by atoms with Crippen LogP contribution in [0, 0.1) is 5.92 Å². The fourth-order valence-corrected chi connectivity index (χ4v) is 3.46. The molecule has 0 atom stereocenters. The molecule has 1 aromatic rings. The molecule has 1 aliphatic rings. The zero-order valence-electron chi connectivity index (χ0n) is 10.7. The van der Waals surface area contributed by atoms with E-state index in [2.05, 4.69) is 42.5 Å². The Hall–Kier alpha value is -0.390. The van der Waals surface area contributed by atoms with Gasteiger partial charge in [0.25, 0.3) is 0 Å². The van der Waals surface area contributed by atoms with E-state index in [0.717, 1.165) is 34.1 Å². The fourth-order valence-electron chi connectivity index (χ4n) is 2.31. The molecule has 0 unspecified atom stereocenters. The number of anilines is 1. The lowest BCUT2D eigenvalue weighted by molar-refractivity contribution is -0.116. The number of hydrogen-bond donors (Lipinski definition) is 2. The van der Waals surface area contributed by atoms with Crippen LogP contribution in [0.1, 0.15) is 25.7 Å². The Balaban J connectivity index is 1.80. The number of rotatable bonds is 4. The summed E-state index contributed by atoms with van der Waals surface area (Å²) in [4.78, 5) is 11.9. The zero-order chi connectivity index (χ0) is 13.7. The van der Waals surface area contributed by atoms with Gasteiger partial charge in [-0.25, -0.2) is 0 Å². The first-order valence-corrected chi connectivity index (χ1v) is 8.19. The summed E-state index contributed by atoms with van der Waals surface area (Å²) in [5.74, 6) is 0.793. The maximum absolute atomic E-state index is 11.9. The molecule has 0 radical (unpaired) electrons. The van der Waals surface area contributed by atoms with Crippen molar-refractivity contribution in [2.24, 2.45) is 5.92 Å². The first-order valence-electron chi connectivity index (χ1n) is 6.61. The number of benzene rings is 1. The second-order valence-electron chi connectivity index (χ2n) is 4.90. The predicted octanol–water partition coefficient (Wildman–Crippen LogP) is 3.93. The highest BCUT2D eigenvalue weighted by atomic mass is 79.9. The van der Waals surface area contributed by atoms with Crippen molar-refractivity contribution < 1.29 is 4.79 Å². The summed E-state index contributed by atoms with van der Waals surface area (Å²) in [6, 6.07) is 5.76. The Kier molecular flexibility index (Phi) is 5.85. The maximum atomic E-state index is 11.9. The quantitative estimate of drug-likeness (QED) is 0.818. The van der Waals surface area contributed by atoms with Crippen LogP contribution in [0.5, 0.6) is 0 Å². The lowest BCUT2D eigenvalue weighted by Gasteiger charge is -2.22. The first-order chi connectivity index (χ1) is 9.15. The van der Waals surface area contributed by atoms with Crippen molar-refractivity contribution in [3.05, 3.63) is 27.1 Å². The van der Waals surface area contributed by atoms with Crippen LogP contribution in [-0.4, -0.2) is 19.0 Å². The number of piperidine rings is 1.